The fourth-order valence-corrected chi connectivity index (χ4v) is 3.60. The lowest BCUT2D eigenvalue weighted by Gasteiger charge is -2.16. The molecule has 0 atom stereocenters. The van der Waals surface area contributed by atoms with Crippen molar-refractivity contribution in [2.45, 2.75) is 13.3 Å². The van der Waals surface area contributed by atoms with Crippen molar-refractivity contribution >= 4 is 32.9 Å². The van der Waals surface area contributed by atoms with E-state index < -0.39 is 0 Å². The van der Waals surface area contributed by atoms with E-state index in [1.807, 2.05) is 12.1 Å². The number of nitrogen functional groups attached to an aromatic ring is 2. The second kappa shape index (κ2) is 5.57. The molecule has 0 aromatic heterocycles. The van der Waals surface area contributed by atoms with E-state index in [2.05, 4.69) is 61.5 Å². The van der Waals surface area contributed by atoms with Crippen LogP contribution in [0.1, 0.15) is 12.5 Å². The highest BCUT2D eigenvalue weighted by atomic mass is 14.6. The standard InChI is InChI=1S/C22H20N2/c1-2-17-19(14-6-4-3-5-7-14)13-21(24)18-11-9-15-8-10-16(23)12-20(15)22(17)18/h3-13H,2,23-24H2,1H3. The summed E-state index contributed by atoms with van der Waals surface area (Å²) in [5.41, 5.74) is 17.8. The van der Waals surface area contributed by atoms with Gasteiger partial charge in [0, 0.05) is 16.8 Å². The number of nitrogens with two attached hydrogens (primary N) is 2. The third kappa shape index (κ3) is 2.19. The minimum Gasteiger partial charge on any atom is -0.399 e. The molecule has 0 saturated heterocycles. The summed E-state index contributed by atoms with van der Waals surface area (Å²) in [7, 11) is 0. The van der Waals surface area contributed by atoms with Gasteiger partial charge in [0.1, 0.15) is 0 Å². The molecule has 0 bridgehead atoms. The molecule has 2 nitrogen and oxygen atoms in total. The Morgan fingerprint density at radius 1 is 0.792 bits per heavy atom. The molecule has 118 valence electrons. The number of hydrogen-bond acceptors (Lipinski definition) is 2. The van der Waals surface area contributed by atoms with Crippen molar-refractivity contribution in [3.8, 4) is 11.1 Å². The first-order chi connectivity index (χ1) is 11.7. The molecule has 0 fully saturated rings. The third-order valence-corrected chi connectivity index (χ3v) is 4.72. The Labute approximate surface area is 141 Å². The summed E-state index contributed by atoms with van der Waals surface area (Å²) in [5, 5.41) is 4.69. The lowest BCUT2D eigenvalue weighted by atomic mass is 9.89. The third-order valence-electron chi connectivity index (χ3n) is 4.72. The zero-order valence-electron chi connectivity index (χ0n) is 13.7. The van der Waals surface area contributed by atoms with E-state index in [-0.39, 0.29) is 0 Å². The minimum absolute atomic E-state index is 0.778. The van der Waals surface area contributed by atoms with Crippen molar-refractivity contribution in [1.29, 1.82) is 0 Å². The molecule has 0 saturated carbocycles. The largest absolute Gasteiger partial charge is 0.399 e. The number of benzene rings is 4. The summed E-state index contributed by atoms with van der Waals surface area (Å²) in [5.74, 6) is 0. The van der Waals surface area contributed by atoms with Crippen LogP contribution in [0.4, 0.5) is 11.4 Å². The fraction of sp³-hybridized carbons (Fsp3) is 0.0909. The van der Waals surface area contributed by atoms with Gasteiger partial charge in [-0.2, -0.15) is 0 Å². The highest BCUT2D eigenvalue weighted by Gasteiger charge is 2.14. The first-order valence-electron chi connectivity index (χ1n) is 8.27. The number of hydrogen-bond donors (Lipinski definition) is 2. The smallest absolute Gasteiger partial charge is 0.0400 e. The molecule has 0 amide bonds. The quantitative estimate of drug-likeness (QED) is 0.385. The van der Waals surface area contributed by atoms with Gasteiger partial charge in [0.05, 0.1) is 0 Å². The van der Waals surface area contributed by atoms with Crippen LogP contribution in [0, 0.1) is 0 Å². The number of anilines is 2. The number of fused-ring (bicyclic) bond motifs is 3. The van der Waals surface area contributed by atoms with Gasteiger partial charge in [-0.1, -0.05) is 55.5 Å². The lowest BCUT2D eigenvalue weighted by molar-refractivity contribution is 1.16. The average molecular weight is 312 g/mol. The Balaban J connectivity index is 2.20. The van der Waals surface area contributed by atoms with Crippen molar-refractivity contribution in [2.24, 2.45) is 0 Å². The minimum atomic E-state index is 0.778. The monoisotopic (exact) mass is 312 g/mol. The fourth-order valence-electron chi connectivity index (χ4n) is 3.60. The average Bonchev–Trinajstić information content (AvgIpc) is 2.62. The second-order valence-electron chi connectivity index (χ2n) is 6.18. The maximum atomic E-state index is 6.42. The normalized spacial score (nSPS) is 11.2. The molecule has 4 N–H and O–H groups in total. The summed E-state index contributed by atoms with van der Waals surface area (Å²) >= 11 is 0. The van der Waals surface area contributed by atoms with Crippen LogP contribution in [0.15, 0.2) is 66.7 Å². The van der Waals surface area contributed by atoms with Gasteiger partial charge < -0.3 is 11.5 Å². The Bertz CT molecular complexity index is 1050. The summed E-state index contributed by atoms with van der Waals surface area (Å²) in [6.45, 7) is 2.20. The van der Waals surface area contributed by atoms with E-state index in [4.69, 9.17) is 11.5 Å². The summed E-state index contributed by atoms with van der Waals surface area (Å²) in [4.78, 5) is 0. The van der Waals surface area contributed by atoms with Gasteiger partial charge in [-0.25, -0.2) is 0 Å². The van der Waals surface area contributed by atoms with Crippen molar-refractivity contribution in [2.75, 3.05) is 11.5 Å². The molecule has 0 heterocycles. The van der Waals surface area contributed by atoms with E-state index in [0.29, 0.717) is 0 Å². The van der Waals surface area contributed by atoms with Crippen LogP contribution in [-0.4, -0.2) is 0 Å². The van der Waals surface area contributed by atoms with Gasteiger partial charge in [0.25, 0.3) is 0 Å². The molecule has 4 rings (SSSR count). The molecular formula is C22H20N2. The molecule has 0 aliphatic carbocycles. The highest BCUT2D eigenvalue weighted by Crippen LogP contribution is 2.39. The molecule has 0 radical (unpaired) electrons. The first kappa shape index (κ1) is 14.6. The van der Waals surface area contributed by atoms with Crippen molar-refractivity contribution < 1.29 is 0 Å². The Hall–Kier alpha value is -3.00. The summed E-state index contributed by atoms with van der Waals surface area (Å²) in [6.07, 6.45) is 0.939. The molecule has 0 aliphatic heterocycles. The van der Waals surface area contributed by atoms with Crippen molar-refractivity contribution in [3.63, 3.8) is 0 Å². The molecule has 0 unspecified atom stereocenters. The molecule has 0 aliphatic rings. The second-order valence-corrected chi connectivity index (χ2v) is 6.18. The van der Waals surface area contributed by atoms with Gasteiger partial charge in [-0.05, 0) is 57.5 Å². The van der Waals surface area contributed by atoms with Gasteiger partial charge in [0.2, 0.25) is 0 Å². The first-order valence-corrected chi connectivity index (χ1v) is 8.27. The number of rotatable bonds is 2. The van der Waals surface area contributed by atoms with Gasteiger partial charge in [-0.3, -0.25) is 0 Å². The predicted molar refractivity (Wildman–Crippen MR) is 105 cm³/mol. The maximum Gasteiger partial charge on any atom is 0.0400 e. The van der Waals surface area contributed by atoms with Crippen LogP contribution in [0.5, 0.6) is 0 Å². The van der Waals surface area contributed by atoms with Crippen LogP contribution >= 0.6 is 0 Å². The highest BCUT2D eigenvalue weighted by molar-refractivity contribution is 6.15. The maximum absolute atomic E-state index is 6.42. The van der Waals surface area contributed by atoms with E-state index in [9.17, 15) is 0 Å². The van der Waals surface area contributed by atoms with Gasteiger partial charge >= 0.3 is 0 Å². The van der Waals surface area contributed by atoms with E-state index in [1.165, 1.54) is 32.8 Å². The molecule has 24 heavy (non-hydrogen) atoms. The Kier molecular flexibility index (Phi) is 3.39. The summed E-state index contributed by atoms with van der Waals surface area (Å²) in [6, 6.07) is 22.9. The molecule has 4 aromatic rings. The van der Waals surface area contributed by atoms with Gasteiger partial charge in [0.15, 0.2) is 0 Å². The van der Waals surface area contributed by atoms with Crippen molar-refractivity contribution in [1.82, 2.24) is 0 Å². The number of aryl methyl sites for hydroxylation is 1. The van der Waals surface area contributed by atoms with Crippen LogP contribution in [0.2, 0.25) is 0 Å². The predicted octanol–water partition coefficient (Wildman–Crippen LogP) is 5.39. The Morgan fingerprint density at radius 2 is 1.54 bits per heavy atom. The molecule has 2 heteroatoms. The Morgan fingerprint density at radius 3 is 2.29 bits per heavy atom. The molecule has 4 aromatic carbocycles. The SMILES string of the molecule is CCc1c(-c2ccccc2)cc(N)c2ccc3ccc(N)cc3c12. The van der Waals surface area contributed by atoms with Crippen LogP contribution < -0.4 is 11.5 Å². The molecule has 0 spiro atoms. The van der Waals surface area contributed by atoms with Crippen LogP contribution in [-0.2, 0) is 6.42 Å². The van der Waals surface area contributed by atoms with E-state index >= 15 is 0 Å². The van der Waals surface area contributed by atoms with Crippen LogP contribution in [0.3, 0.4) is 0 Å². The van der Waals surface area contributed by atoms with E-state index in [1.54, 1.807) is 0 Å². The zero-order valence-corrected chi connectivity index (χ0v) is 13.7. The topological polar surface area (TPSA) is 52.0 Å². The van der Waals surface area contributed by atoms with E-state index in [0.717, 1.165) is 23.2 Å². The van der Waals surface area contributed by atoms with Crippen LogP contribution in [0.25, 0.3) is 32.7 Å². The van der Waals surface area contributed by atoms with Crippen molar-refractivity contribution in [3.05, 3.63) is 72.3 Å². The molecular weight excluding hydrogens is 292 g/mol. The van der Waals surface area contributed by atoms with Gasteiger partial charge in [-0.15, -0.1) is 0 Å². The zero-order chi connectivity index (χ0) is 16.7. The summed E-state index contributed by atoms with van der Waals surface area (Å²) < 4.78 is 0. The lowest BCUT2D eigenvalue weighted by Crippen LogP contribution is -1.97.